The lowest BCUT2D eigenvalue weighted by Gasteiger charge is -2.25. The van der Waals surface area contributed by atoms with Crippen LogP contribution in [-0.2, 0) is 6.54 Å². The van der Waals surface area contributed by atoms with E-state index in [9.17, 15) is 8.78 Å². The van der Waals surface area contributed by atoms with Crippen molar-refractivity contribution in [3.05, 3.63) is 64.7 Å². The lowest BCUT2D eigenvalue weighted by molar-refractivity contribution is 0.572. The van der Waals surface area contributed by atoms with Crippen LogP contribution in [0.15, 0.2) is 42.5 Å². The van der Waals surface area contributed by atoms with Gasteiger partial charge in [-0.25, -0.2) is 8.78 Å². The van der Waals surface area contributed by atoms with Gasteiger partial charge in [0.25, 0.3) is 0 Å². The van der Waals surface area contributed by atoms with Crippen molar-refractivity contribution in [2.45, 2.75) is 39.2 Å². The van der Waals surface area contributed by atoms with Gasteiger partial charge in [0.1, 0.15) is 11.6 Å². The van der Waals surface area contributed by atoms with Crippen molar-refractivity contribution in [3.63, 3.8) is 0 Å². The quantitative estimate of drug-likeness (QED) is 0.518. The Hall–Kier alpha value is -1.61. The summed E-state index contributed by atoms with van der Waals surface area (Å²) in [5.74, 6) is -1.07. The summed E-state index contributed by atoms with van der Waals surface area (Å²) in [6.45, 7) is 3.47. The Balaban J connectivity index is 2.14. The van der Waals surface area contributed by atoms with E-state index in [0.29, 0.717) is 17.3 Å². The first-order valence-corrected chi connectivity index (χ1v) is 8.42. The van der Waals surface area contributed by atoms with Gasteiger partial charge in [0, 0.05) is 24.2 Å². The van der Waals surface area contributed by atoms with Crippen molar-refractivity contribution in [3.8, 4) is 0 Å². The molecule has 0 aliphatic rings. The summed E-state index contributed by atoms with van der Waals surface area (Å²) in [5, 5.41) is 0.677. The molecular formula is C19H22ClF2N. The van der Waals surface area contributed by atoms with Crippen LogP contribution in [0.25, 0.3) is 0 Å². The molecule has 0 spiro atoms. The highest BCUT2D eigenvalue weighted by Crippen LogP contribution is 2.23. The molecule has 0 radical (unpaired) electrons. The molecule has 0 aromatic heterocycles. The summed E-state index contributed by atoms with van der Waals surface area (Å²) in [7, 11) is 0. The summed E-state index contributed by atoms with van der Waals surface area (Å²) in [4.78, 5) is 1.97. The molecular weight excluding hydrogens is 316 g/mol. The van der Waals surface area contributed by atoms with E-state index in [-0.39, 0.29) is 0 Å². The summed E-state index contributed by atoms with van der Waals surface area (Å²) >= 11 is 5.91. The molecule has 0 unspecified atom stereocenters. The van der Waals surface area contributed by atoms with Gasteiger partial charge in [0.15, 0.2) is 0 Å². The second-order valence-corrected chi connectivity index (χ2v) is 6.14. The van der Waals surface area contributed by atoms with Crippen LogP contribution in [0.2, 0.25) is 5.02 Å². The Bertz CT molecular complexity index is 613. The minimum absolute atomic E-state index is 0.442. The van der Waals surface area contributed by atoms with Crippen LogP contribution in [0.1, 0.15) is 38.2 Å². The predicted molar refractivity (Wildman–Crippen MR) is 93.0 cm³/mol. The molecule has 23 heavy (non-hydrogen) atoms. The van der Waals surface area contributed by atoms with E-state index in [0.717, 1.165) is 37.4 Å². The van der Waals surface area contributed by atoms with E-state index in [1.54, 1.807) is 0 Å². The molecule has 0 fully saturated rings. The van der Waals surface area contributed by atoms with Gasteiger partial charge in [0.05, 0.1) is 5.69 Å². The zero-order chi connectivity index (χ0) is 16.7. The topological polar surface area (TPSA) is 3.24 Å². The maximum atomic E-state index is 14.1. The first-order chi connectivity index (χ1) is 11.1. The summed E-state index contributed by atoms with van der Waals surface area (Å²) < 4.78 is 27.3. The van der Waals surface area contributed by atoms with Gasteiger partial charge in [-0.3, -0.25) is 0 Å². The van der Waals surface area contributed by atoms with Crippen LogP contribution >= 0.6 is 11.6 Å². The molecule has 0 N–H and O–H groups in total. The molecule has 2 aromatic carbocycles. The Morgan fingerprint density at radius 1 is 0.957 bits per heavy atom. The number of anilines is 1. The average Bonchev–Trinajstić information content (AvgIpc) is 2.53. The highest BCUT2D eigenvalue weighted by atomic mass is 35.5. The largest absolute Gasteiger partial charge is 0.365 e. The lowest BCUT2D eigenvalue weighted by atomic mass is 10.1. The monoisotopic (exact) mass is 337 g/mol. The molecule has 1 nitrogen and oxygen atoms in total. The molecule has 2 rings (SSSR count). The molecule has 0 amide bonds. The van der Waals surface area contributed by atoms with Crippen LogP contribution in [0, 0.1) is 11.6 Å². The Labute approximate surface area is 141 Å². The van der Waals surface area contributed by atoms with Gasteiger partial charge >= 0.3 is 0 Å². The third-order valence-corrected chi connectivity index (χ3v) is 4.07. The number of halogens is 3. The molecule has 0 heterocycles. The van der Waals surface area contributed by atoms with Gasteiger partial charge in [-0.15, -0.1) is 0 Å². The molecule has 0 aliphatic carbocycles. The van der Waals surface area contributed by atoms with Crippen LogP contribution in [-0.4, -0.2) is 6.54 Å². The summed E-state index contributed by atoms with van der Waals surface area (Å²) in [6.07, 6.45) is 4.41. The van der Waals surface area contributed by atoms with Crippen LogP contribution in [0.5, 0.6) is 0 Å². The fourth-order valence-corrected chi connectivity index (χ4v) is 2.69. The number of unbranched alkanes of at least 4 members (excludes halogenated alkanes) is 3. The fourth-order valence-electron chi connectivity index (χ4n) is 2.56. The Morgan fingerprint density at radius 3 is 2.35 bits per heavy atom. The molecule has 2 aromatic rings. The maximum Gasteiger partial charge on any atom is 0.149 e. The van der Waals surface area contributed by atoms with E-state index in [4.69, 9.17) is 11.6 Å². The standard InChI is InChI=1S/C19H22ClF2N/c1-2-3-4-5-12-23(14-15-6-8-16(20)9-7-15)19-11-10-17(21)13-18(19)22/h6-11,13H,2-5,12,14H2,1H3. The van der Waals surface area contributed by atoms with Crippen LogP contribution < -0.4 is 4.90 Å². The van der Waals surface area contributed by atoms with E-state index in [1.807, 2.05) is 29.2 Å². The van der Waals surface area contributed by atoms with E-state index in [2.05, 4.69) is 6.92 Å². The molecule has 0 saturated carbocycles. The van der Waals surface area contributed by atoms with E-state index < -0.39 is 11.6 Å². The van der Waals surface area contributed by atoms with E-state index in [1.165, 1.54) is 18.6 Å². The smallest absolute Gasteiger partial charge is 0.149 e. The van der Waals surface area contributed by atoms with Crippen molar-refractivity contribution in [1.82, 2.24) is 0 Å². The van der Waals surface area contributed by atoms with Gasteiger partial charge in [0.2, 0.25) is 0 Å². The normalized spacial score (nSPS) is 10.8. The molecule has 0 saturated heterocycles. The summed E-state index contributed by atoms with van der Waals surface area (Å²) in [6, 6.07) is 11.3. The average molecular weight is 338 g/mol. The number of hydrogen-bond acceptors (Lipinski definition) is 1. The van der Waals surface area contributed by atoms with Gasteiger partial charge in [-0.2, -0.15) is 0 Å². The van der Waals surface area contributed by atoms with Crippen molar-refractivity contribution >= 4 is 17.3 Å². The van der Waals surface area contributed by atoms with Gasteiger partial charge < -0.3 is 4.90 Å². The lowest BCUT2D eigenvalue weighted by Crippen LogP contribution is -2.25. The highest BCUT2D eigenvalue weighted by molar-refractivity contribution is 6.30. The fraction of sp³-hybridized carbons (Fsp3) is 0.368. The Kier molecular flexibility index (Phi) is 6.85. The first kappa shape index (κ1) is 17.7. The number of rotatable bonds is 8. The van der Waals surface area contributed by atoms with Crippen molar-refractivity contribution in [1.29, 1.82) is 0 Å². The number of nitrogens with zero attached hydrogens (tertiary/aromatic N) is 1. The van der Waals surface area contributed by atoms with Crippen LogP contribution in [0.3, 0.4) is 0 Å². The number of hydrogen-bond donors (Lipinski definition) is 0. The zero-order valence-electron chi connectivity index (χ0n) is 13.4. The molecule has 0 atom stereocenters. The number of benzene rings is 2. The molecule has 0 bridgehead atoms. The molecule has 124 valence electrons. The minimum Gasteiger partial charge on any atom is -0.365 e. The van der Waals surface area contributed by atoms with Crippen molar-refractivity contribution in [2.75, 3.05) is 11.4 Å². The van der Waals surface area contributed by atoms with Crippen molar-refractivity contribution in [2.24, 2.45) is 0 Å². The Morgan fingerprint density at radius 2 is 1.70 bits per heavy atom. The van der Waals surface area contributed by atoms with Gasteiger partial charge in [-0.1, -0.05) is 49.9 Å². The summed E-state index contributed by atoms with van der Waals surface area (Å²) in [5.41, 5.74) is 1.49. The maximum absolute atomic E-state index is 14.1. The van der Waals surface area contributed by atoms with E-state index >= 15 is 0 Å². The molecule has 0 aliphatic heterocycles. The first-order valence-electron chi connectivity index (χ1n) is 8.04. The predicted octanol–water partition coefficient (Wildman–Crippen LogP) is 6.21. The van der Waals surface area contributed by atoms with Gasteiger partial charge in [-0.05, 0) is 36.2 Å². The minimum atomic E-state index is -0.552. The zero-order valence-corrected chi connectivity index (χ0v) is 14.1. The second kappa shape index (κ2) is 8.88. The second-order valence-electron chi connectivity index (χ2n) is 5.70. The third-order valence-electron chi connectivity index (χ3n) is 3.82. The highest BCUT2D eigenvalue weighted by Gasteiger charge is 2.13. The van der Waals surface area contributed by atoms with Crippen molar-refractivity contribution < 1.29 is 8.78 Å². The van der Waals surface area contributed by atoms with Crippen LogP contribution in [0.4, 0.5) is 14.5 Å². The third kappa shape index (κ3) is 5.51. The molecule has 4 heteroatoms. The SMILES string of the molecule is CCCCCCN(Cc1ccc(Cl)cc1)c1ccc(F)cc1F.